The van der Waals surface area contributed by atoms with Gasteiger partial charge >= 0.3 is 5.97 Å². The molecule has 16 heavy (non-hydrogen) atoms. The maximum absolute atomic E-state index is 11.6. The number of carbonyl (C=O) groups excluding carboxylic acids is 2. The summed E-state index contributed by atoms with van der Waals surface area (Å²) in [5.74, 6) is -2.05. The van der Waals surface area contributed by atoms with Gasteiger partial charge in [-0.25, -0.2) is 0 Å². The molecule has 0 aliphatic carbocycles. The Morgan fingerprint density at radius 2 is 1.88 bits per heavy atom. The average molecular weight is 230 g/mol. The van der Waals surface area contributed by atoms with E-state index in [-0.39, 0.29) is 24.8 Å². The summed E-state index contributed by atoms with van der Waals surface area (Å²) in [4.78, 5) is 33.8. The van der Waals surface area contributed by atoms with Crippen molar-refractivity contribution >= 4 is 17.8 Å². The number of hydrogen-bond donors (Lipinski definition) is 2. The van der Waals surface area contributed by atoms with Crippen molar-refractivity contribution in [3.8, 4) is 0 Å². The largest absolute Gasteiger partial charge is 0.480 e. The molecule has 0 aliphatic rings. The topological polar surface area (TPSA) is 101 Å². The molecule has 6 heteroatoms. The highest BCUT2D eigenvalue weighted by Crippen LogP contribution is 2.08. The number of nitrogens with two attached hydrogens (primary N) is 1. The predicted octanol–water partition coefficient (Wildman–Crippen LogP) is -0.179. The third kappa shape index (κ3) is 6.00. The van der Waals surface area contributed by atoms with Gasteiger partial charge in [-0.05, 0) is 5.92 Å². The molecule has 0 aromatic carbocycles. The molecule has 92 valence electrons. The molecule has 0 radical (unpaired) electrons. The van der Waals surface area contributed by atoms with E-state index in [9.17, 15) is 14.4 Å². The second-order valence-corrected chi connectivity index (χ2v) is 3.83. The molecule has 1 atom stereocenters. The molecule has 3 N–H and O–H groups in total. The van der Waals surface area contributed by atoms with Crippen molar-refractivity contribution < 1.29 is 19.5 Å². The van der Waals surface area contributed by atoms with Crippen LogP contribution in [0.1, 0.15) is 26.7 Å². The van der Waals surface area contributed by atoms with Crippen LogP contribution in [-0.4, -0.2) is 40.9 Å². The minimum atomic E-state index is -1.15. The minimum absolute atomic E-state index is 0.164. The van der Waals surface area contributed by atoms with Gasteiger partial charge in [-0.15, -0.1) is 0 Å². The third-order valence-electron chi connectivity index (χ3n) is 2.25. The van der Waals surface area contributed by atoms with Crippen LogP contribution in [0.3, 0.4) is 0 Å². The summed E-state index contributed by atoms with van der Waals surface area (Å²) in [5.41, 5.74) is 4.94. The highest BCUT2D eigenvalue weighted by Gasteiger charge is 2.19. The normalized spacial score (nSPS) is 11.9. The molecule has 0 spiro atoms. The standard InChI is InChI=1S/C10H18N2O4/c1-3-7(2)4-9(14)12(5-8(11)13)6-10(15)16/h7H,3-6H2,1-2H3,(H2,11,13)(H,15,16). The fraction of sp³-hybridized carbons (Fsp3) is 0.700. The van der Waals surface area contributed by atoms with Crippen LogP contribution in [0.25, 0.3) is 0 Å². The lowest BCUT2D eigenvalue weighted by molar-refractivity contribution is -0.146. The highest BCUT2D eigenvalue weighted by atomic mass is 16.4. The minimum Gasteiger partial charge on any atom is -0.480 e. The number of carboxylic acid groups (broad SMARTS) is 1. The lowest BCUT2D eigenvalue weighted by Gasteiger charge is -2.20. The molecular weight excluding hydrogens is 212 g/mol. The number of amides is 2. The van der Waals surface area contributed by atoms with E-state index < -0.39 is 18.4 Å². The van der Waals surface area contributed by atoms with Gasteiger partial charge in [-0.1, -0.05) is 20.3 Å². The number of primary amides is 1. The summed E-state index contributed by atoms with van der Waals surface area (Å²) in [5, 5.41) is 8.59. The van der Waals surface area contributed by atoms with Crippen LogP contribution < -0.4 is 5.73 Å². The van der Waals surface area contributed by atoms with E-state index in [1.165, 1.54) is 0 Å². The monoisotopic (exact) mass is 230 g/mol. The highest BCUT2D eigenvalue weighted by molar-refractivity contribution is 5.86. The Labute approximate surface area is 94.4 Å². The number of carbonyl (C=O) groups is 3. The predicted molar refractivity (Wildman–Crippen MR) is 57.5 cm³/mol. The molecule has 0 rings (SSSR count). The molecule has 0 aromatic rings. The summed E-state index contributed by atoms with van der Waals surface area (Å²) in [7, 11) is 0. The molecule has 0 heterocycles. The molecule has 0 saturated heterocycles. The Bertz CT molecular complexity index is 262. The SMILES string of the molecule is CCC(C)CC(=O)N(CC(N)=O)CC(=O)O. The van der Waals surface area contributed by atoms with Crippen LogP contribution in [0.4, 0.5) is 0 Å². The fourth-order valence-corrected chi connectivity index (χ4v) is 1.16. The lowest BCUT2D eigenvalue weighted by Crippen LogP contribution is -2.42. The molecule has 1 unspecified atom stereocenters. The van der Waals surface area contributed by atoms with Crippen LogP contribution in [0.15, 0.2) is 0 Å². The van der Waals surface area contributed by atoms with Gasteiger partial charge in [-0.3, -0.25) is 14.4 Å². The van der Waals surface area contributed by atoms with E-state index in [0.717, 1.165) is 11.3 Å². The van der Waals surface area contributed by atoms with Crippen LogP contribution in [-0.2, 0) is 14.4 Å². The zero-order valence-electron chi connectivity index (χ0n) is 9.60. The maximum Gasteiger partial charge on any atom is 0.323 e. The number of carboxylic acids is 1. The molecular formula is C10H18N2O4. The van der Waals surface area contributed by atoms with Crippen LogP contribution >= 0.6 is 0 Å². The van der Waals surface area contributed by atoms with E-state index in [0.29, 0.717) is 0 Å². The molecule has 0 fully saturated rings. The van der Waals surface area contributed by atoms with Gasteiger partial charge in [0.05, 0.1) is 6.54 Å². The Balaban J connectivity index is 4.42. The summed E-state index contributed by atoms with van der Waals surface area (Å²) < 4.78 is 0. The summed E-state index contributed by atoms with van der Waals surface area (Å²) in [6.45, 7) is 2.99. The van der Waals surface area contributed by atoms with Gasteiger partial charge in [-0.2, -0.15) is 0 Å². The molecule has 0 saturated carbocycles. The van der Waals surface area contributed by atoms with Crippen molar-refractivity contribution in [3.63, 3.8) is 0 Å². The Morgan fingerprint density at radius 3 is 2.25 bits per heavy atom. The van der Waals surface area contributed by atoms with Crippen molar-refractivity contribution in [2.75, 3.05) is 13.1 Å². The Hall–Kier alpha value is -1.59. The van der Waals surface area contributed by atoms with E-state index in [1.807, 2.05) is 13.8 Å². The fourth-order valence-electron chi connectivity index (χ4n) is 1.16. The third-order valence-corrected chi connectivity index (χ3v) is 2.25. The second kappa shape index (κ2) is 6.81. The molecule has 0 bridgehead atoms. The number of aliphatic carboxylic acids is 1. The lowest BCUT2D eigenvalue weighted by atomic mass is 10.0. The van der Waals surface area contributed by atoms with Gasteiger partial charge in [0, 0.05) is 6.42 Å². The first-order valence-electron chi connectivity index (χ1n) is 5.14. The maximum atomic E-state index is 11.6. The van der Waals surface area contributed by atoms with Crippen molar-refractivity contribution in [1.29, 1.82) is 0 Å². The smallest absolute Gasteiger partial charge is 0.323 e. The van der Waals surface area contributed by atoms with Gasteiger partial charge in [0.1, 0.15) is 6.54 Å². The molecule has 0 aliphatic heterocycles. The van der Waals surface area contributed by atoms with Gasteiger partial charge in [0.15, 0.2) is 0 Å². The van der Waals surface area contributed by atoms with E-state index in [1.54, 1.807) is 0 Å². The van der Waals surface area contributed by atoms with Crippen molar-refractivity contribution in [3.05, 3.63) is 0 Å². The van der Waals surface area contributed by atoms with Crippen molar-refractivity contribution in [2.24, 2.45) is 11.7 Å². The number of rotatable bonds is 7. The second-order valence-electron chi connectivity index (χ2n) is 3.83. The van der Waals surface area contributed by atoms with Crippen LogP contribution in [0.2, 0.25) is 0 Å². The van der Waals surface area contributed by atoms with Crippen molar-refractivity contribution in [1.82, 2.24) is 4.90 Å². The van der Waals surface area contributed by atoms with Gasteiger partial charge in [0.25, 0.3) is 0 Å². The summed E-state index contributed by atoms with van der Waals surface area (Å²) >= 11 is 0. The molecule has 0 aromatic heterocycles. The van der Waals surface area contributed by atoms with Crippen LogP contribution in [0.5, 0.6) is 0 Å². The summed E-state index contributed by atoms with van der Waals surface area (Å²) in [6.07, 6.45) is 1.06. The van der Waals surface area contributed by atoms with Crippen molar-refractivity contribution in [2.45, 2.75) is 26.7 Å². The Kier molecular flexibility index (Phi) is 6.14. The Morgan fingerprint density at radius 1 is 1.31 bits per heavy atom. The molecule has 6 nitrogen and oxygen atoms in total. The van der Waals surface area contributed by atoms with E-state index in [4.69, 9.17) is 10.8 Å². The van der Waals surface area contributed by atoms with Gasteiger partial charge in [0.2, 0.25) is 11.8 Å². The molecule has 2 amide bonds. The van der Waals surface area contributed by atoms with E-state index in [2.05, 4.69) is 0 Å². The zero-order valence-corrected chi connectivity index (χ0v) is 9.60. The van der Waals surface area contributed by atoms with E-state index >= 15 is 0 Å². The zero-order chi connectivity index (χ0) is 12.7. The first-order valence-corrected chi connectivity index (χ1v) is 5.14. The van der Waals surface area contributed by atoms with Crippen LogP contribution in [0, 0.1) is 5.92 Å². The average Bonchev–Trinajstić information content (AvgIpc) is 2.15. The first-order chi connectivity index (χ1) is 7.36. The first kappa shape index (κ1) is 14.4. The quantitative estimate of drug-likeness (QED) is 0.633. The number of nitrogens with zero attached hydrogens (tertiary/aromatic N) is 1. The summed E-state index contributed by atoms with van der Waals surface area (Å²) in [6, 6.07) is 0. The number of hydrogen-bond acceptors (Lipinski definition) is 3. The van der Waals surface area contributed by atoms with Gasteiger partial charge < -0.3 is 15.7 Å².